The van der Waals surface area contributed by atoms with E-state index in [4.69, 9.17) is 15.8 Å². The van der Waals surface area contributed by atoms with Gasteiger partial charge in [-0.15, -0.1) is 0 Å². The number of hydrogen-bond acceptors (Lipinski definition) is 5. The number of nitrogen functional groups attached to an aromatic ring is 1. The zero-order valence-corrected chi connectivity index (χ0v) is 14.0. The number of nitriles is 1. The van der Waals surface area contributed by atoms with Gasteiger partial charge in [0.15, 0.2) is 0 Å². The van der Waals surface area contributed by atoms with Crippen molar-refractivity contribution in [2.45, 2.75) is 45.6 Å². The molecule has 1 aromatic carbocycles. The van der Waals surface area contributed by atoms with Crippen LogP contribution in [-0.2, 0) is 4.84 Å². The molecule has 0 unspecified atom stereocenters. The van der Waals surface area contributed by atoms with Crippen molar-refractivity contribution in [3.8, 4) is 6.07 Å². The first-order chi connectivity index (χ1) is 10.8. The van der Waals surface area contributed by atoms with Crippen LogP contribution in [0.4, 0.5) is 16.2 Å². The lowest BCUT2D eigenvalue weighted by Crippen LogP contribution is -2.47. The Morgan fingerprint density at radius 2 is 1.96 bits per heavy atom. The van der Waals surface area contributed by atoms with Gasteiger partial charge in [0, 0.05) is 13.1 Å². The van der Waals surface area contributed by atoms with E-state index in [9.17, 15) is 4.79 Å². The van der Waals surface area contributed by atoms with Crippen LogP contribution in [-0.4, -0.2) is 29.6 Å². The van der Waals surface area contributed by atoms with Gasteiger partial charge in [0.2, 0.25) is 0 Å². The second-order valence-electron chi connectivity index (χ2n) is 6.72. The molecule has 0 radical (unpaired) electrons. The number of hydroxylamine groups is 1. The van der Waals surface area contributed by atoms with E-state index in [1.807, 2.05) is 20.8 Å². The minimum Gasteiger partial charge on any atom is -0.396 e. The molecule has 1 fully saturated rings. The summed E-state index contributed by atoms with van der Waals surface area (Å²) in [6.45, 7) is 7.20. The monoisotopic (exact) mass is 316 g/mol. The second-order valence-corrected chi connectivity index (χ2v) is 6.72. The standard InChI is InChI=1S/C17H24N4O2/c1-17(2,3)21(14-9-7-8-13(12-18)15(14)19)23-16(22)20-10-5-4-6-11-20/h7-9H,4-6,10-11,19H2,1-3H3. The lowest BCUT2D eigenvalue weighted by molar-refractivity contribution is 0.0646. The molecule has 0 aliphatic carbocycles. The summed E-state index contributed by atoms with van der Waals surface area (Å²) in [5.41, 5.74) is 6.80. The van der Waals surface area contributed by atoms with Crippen LogP contribution in [0.3, 0.4) is 0 Å². The number of nitrogens with zero attached hydrogens (tertiary/aromatic N) is 3. The summed E-state index contributed by atoms with van der Waals surface area (Å²) in [6, 6.07) is 7.19. The molecule has 1 aliphatic rings. The molecule has 2 rings (SSSR count). The highest BCUT2D eigenvalue weighted by Gasteiger charge is 2.30. The predicted molar refractivity (Wildman–Crippen MR) is 89.7 cm³/mol. The summed E-state index contributed by atoms with van der Waals surface area (Å²) >= 11 is 0. The van der Waals surface area contributed by atoms with Gasteiger partial charge in [-0.05, 0) is 52.2 Å². The molecule has 0 aromatic heterocycles. The third kappa shape index (κ3) is 3.86. The third-order valence-corrected chi connectivity index (χ3v) is 3.82. The lowest BCUT2D eigenvalue weighted by atomic mass is 10.1. The van der Waals surface area contributed by atoms with Crippen LogP contribution in [0.15, 0.2) is 18.2 Å². The molecule has 6 nitrogen and oxygen atoms in total. The fraction of sp³-hybridized carbons (Fsp3) is 0.529. The Morgan fingerprint density at radius 3 is 2.52 bits per heavy atom. The topological polar surface area (TPSA) is 82.6 Å². The number of rotatable bonds is 2. The minimum absolute atomic E-state index is 0.316. The number of likely N-dealkylation sites (tertiary alicyclic amines) is 1. The number of benzene rings is 1. The number of piperidine rings is 1. The average Bonchev–Trinajstić information content (AvgIpc) is 2.53. The molecular formula is C17H24N4O2. The first-order valence-corrected chi connectivity index (χ1v) is 7.90. The fourth-order valence-corrected chi connectivity index (χ4v) is 2.59. The number of anilines is 2. The lowest BCUT2D eigenvalue weighted by Gasteiger charge is -2.37. The Balaban J connectivity index is 2.28. The van der Waals surface area contributed by atoms with Crippen molar-refractivity contribution in [3.63, 3.8) is 0 Å². The van der Waals surface area contributed by atoms with Crippen LogP contribution in [0.25, 0.3) is 0 Å². The van der Waals surface area contributed by atoms with Crippen molar-refractivity contribution in [2.75, 3.05) is 23.9 Å². The number of amides is 1. The molecule has 1 heterocycles. The van der Waals surface area contributed by atoms with E-state index >= 15 is 0 Å². The highest BCUT2D eigenvalue weighted by molar-refractivity contribution is 5.76. The molecule has 1 aromatic rings. The van der Waals surface area contributed by atoms with Crippen LogP contribution in [0, 0.1) is 11.3 Å². The average molecular weight is 316 g/mol. The van der Waals surface area contributed by atoms with E-state index in [1.54, 1.807) is 23.1 Å². The number of para-hydroxylation sites is 1. The van der Waals surface area contributed by atoms with Gasteiger partial charge in [-0.1, -0.05) is 6.07 Å². The summed E-state index contributed by atoms with van der Waals surface area (Å²) in [5, 5.41) is 10.6. The zero-order valence-electron chi connectivity index (χ0n) is 14.0. The summed E-state index contributed by atoms with van der Waals surface area (Å²) in [6.07, 6.45) is 2.76. The molecule has 1 amide bonds. The van der Waals surface area contributed by atoms with Crippen LogP contribution < -0.4 is 10.8 Å². The Kier molecular flexibility index (Phi) is 4.99. The van der Waals surface area contributed by atoms with Crippen LogP contribution >= 0.6 is 0 Å². The molecule has 0 spiro atoms. The van der Waals surface area contributed by atoms with Crippen molar-refractivity contribution in [1.29, 1.82) is 5.26 Å². The van der Waals surface area contributed by atoms with E-state index in [1.165, 1.54) is 5.06 Å². The highest BCUT2D eigenvalue weighted by atomic mass is 16.7. The molecule has 0 atom stereocenters. The summed E-state index contributed by atoms with van der Waals surface area (Å²) in [5.74, 6) is 0. The summed E-state index contributed by atoms with van der Waals surface area (Å²) in [4.78, 5) is 19.8. The van der Waals surface area contributed by atoms with Crippen molar-refractivity contribution >= 4 is 17.5 Å². The van der Waals surface area contributed by atoms with Crippen molar-refractivity contribution in [3.05, 3.63) is 23.8 Å². The van der Waals surface area contributed by atoms with E-state index in [0.29, 0.717) is 30.0 Å². The smallest absolute Gasteiger partial charge is 0.396 e. The molecule has 2 N–H and O–H groups in total. The van der Waals surface area contributed by atoms with Gasteiger partial charge in [0.25, 0.3) is 0 Å². The minimum atomic E-state index is -0.492. The maximum Gasteiger partial charge on any atom is 0.434 e. The molecule has 6 heteroatoms. The first kappa shape index (κ1) is 16.9. The molecule has 124 valence electrons. The largest absolute Gasteiger partial charge is 0.434 e. The number of carbonyl (C=O) groups is 1. The van der Waals surface area contributed by atoms with Crippen LogP contribution in [0.2, 0.25) is 0 Å². The van der Waals surface area contributed by atoms with Gasteiger partial charge < -0.3 is 15.5 Å². The van der Waals surface area contributed by atoms with E-state index in [2.05, 4.69) is 6.07 Å². The predicted octanol–water partition coefficient (Wildman–Crippen LogP) is 3.28. The highest BCUT2D eigenvalue weighted by Crippen LogP contribution is 2.32. The number of carbonyl (C=O) groups excluding carboxylic acids is 1. The SMILES string of the molecule is CC(C)(C)N(OC(=O)N1CCCCC1)c1cccc(C#N)c1N. The molecule has 0 bridgehead atoms. The van der Waals surface area contributed by atoms with E-state index in [0.717, 1.165) is 19.3 Å². The zero-order chi connectivity index (χ0) is 17.0. The van der Waals surface area contributed by atoms with Gasteiger partial charge in [-0.2, -0.15) is 10.3 Å². The second kappa shape index (κ2) is 6.78. The van der Waals surface area contributed by atoms with Crippen molar-refractivity contribution in [1.82, 2.24) is 4.90 Å². The maximum atomic E-state index is 12.5. The van der Waals surface area contributed by atoms with E-state index in [-0.39, 0.29) is 6.09 Å². The molecule has 1 aliphatic heterocycles. The number of nitrogens with two attached hydrogens (primary N) is 1. The van der Waals surface area contributed by atoms with Gasteiger partial charge >= 0.3 is 6.09 Å². The van der Waals surface area contributed by atoms with Crippen molar-refractivity contribution in [2.24, 2.45) is 0 Å². The molecule has 1 saturated heterocycles. The Bertz CT molecular complexity index is 610. The van der Waals surface area contributed by atoms with Crippen LogP contribution in [0.1, 0.15) is 45.6 Å². The van der Waals surface area contributed by atoms with Gasteiger partial charge in [-0.25, -0.2) is 4.79 Å². The van der Waals surface area contributed by atoms with Crippen LogP contribution in [0.5, 0.6) is 0 Å². The Labute approximate surface area is 137 Å². The van der Waals surface area contributed by atoms with Crippen molar-refractivity contribution < 1.29 is 9.63 Å². The quantitative estimate of drug-likeness (QED) is 0.668. The fourth-order valence-electron chi connectivity index (χ4n) is 2.59. The normalized spacial score (nSPS) is 15.0. The number of hydrogen-bond donors (Lipinski definition) is 1. The summed E-state index contributed by atoms with van der Waals surface area (Å²) < 4.78 is 0. The summed E-state index contributed by atoms with van der Waals surface area (Å²) in [7, 11) is 0. The Hall–Kier alpha value is -2.42. The first-order valence-electron chi connectivity index (χ1n) is 7.90. The van der Waals surface area contributed by atoms with E-state index < -0.39 is 5.54 Å². The molecular weight excluding hydrogens is 292 g/mol. The van der Waals surface area contributed by atoms with Gasteiger partial charge in [0.05, 0.1) is 22.5 Å². The molecule has 0 saturated carbocycles. The van der Waals surface area contributed by atoms with Gasteiger partial charge in [-0.3, -0.25) is 0 Å². The Morgan fingerprint density at radius 1 is 1.30 bits per heavy atom. The molecule has 23 heavy (non-hydrogen) atoms. The van der Waals surface area contributed by atoms with Gasteiger partial charge in [0.1, 0.15) is 6.07 Å². The maximum absolute atomic E-state index is 12.5. The third-order valence-electron chi connectivity index (χ3n) is 3.82.